The van der Waals surface area contributed by atoms with E-state index in [0.29, 0.717) is 25.3 Å². The van der Waals surface area contributed by atoms with Crippen molar-refractivity contribution in [2.45, 2.75) is 53.1 Å². The number of ether oxygens (including phenoxy) is 1. The van der Waals surface area contributed by atoms with Crippen LogP contribution in [0.25, 0.3) is 0 Å². The zero-order chi connectivity index (χ0) is 22.1. The van der Waals surface area contributed by atoms with Crippen molar-refractivity contribution in [2.24, 2.45) is 0 Å². The number of carbonyl (C=O) groups excluding carboxylic acids is 2. The van der Waals surface area contributed by atoms with Crippen molar-refractivity contribution in [1.82, 2.24) is 10.2 Å². The van der Waals surface area contributed by atoms with E-state index in [-0.39, 0.29) is 18.4 Å². The van der Waals surface area contributed by atoms with Crippen LogP contribution >= 0.6 is 15.9 Å². The highest BCUT2D eigenvalue weighted by atomic mass is 79.9. The normalized spacial score (nSPS) is 11.6. The SMILES string of the molecule is CCNC(=O)[C@H](CC)N(Cc1cccc(C)c1)C(=O)COc1ccc(CC)cc1Br. The highest BCUT2D eigenvalue weighted by molar-refractivity contribution is 9.10. The molecule has 0 aliphatic rings. The van der Waals surface area contributed by atoms with Gasteiger partial charge in [-0.3, -0.25) is 9.59 Å². The molecule has 2 rings (SSSR count). The molecule has 1 N–H and O–H groups in total. The third-order valence-electron chi connectivity index (χ3n) is 4.93. The van der Waals surface area contributed by atoms with Gasteiger partial charge in [0, 0.05) is 13.1 Å². The van der Waals surface area contributed by atoms with Gasteiger partial charge in [0.1, 0.15) is 11.8 Å². The van der Waals surface area contributed by atoms with Crippen LogP contribution in [0.15, 0.2) is 46.9 Å². The fraction of sp³-hybridized carbons (Fsp3) is 0.417. The van der Waals surface area contributed by atoms with Gasteiger partial charge in [-0.15, -0.1) is 0 Å². The molecule has 0 saturated heterocycles. The van der Waals surface area contributed by atoms with Crippen LogP contribution in [0.4, 0.5) is 0 Å². The van der Waals surface area contributed by atoms with Crippen molar-refractivity contribution in [3.05, 3.63) is 63.6 Å². The second-order valence-electron chi connectivity index (χ2n) is 7.24. The van der Waals surface area contributed by atoms with Gasteiger partial charge in [-0.2, -0.15) is 0 Å². The molecule has 2 aromatic rings. The van der Waals surface area contributed by atoms with Crippen molar-refractivity contribution in [3.63, 3.8) is 0 Å². The molecule has 0 bridgehead atoms. The van der Waals surface area contributed by atoms with Crippen molar-refractivity contribution in [2.75, 3.05) is 13.2 Å². The fourth-order valence-corrected chi connectivity index (χ4v) is 3.86. The van der Waals surface area contributed by atoms with Crippen LogP contribution in [-0.4, -0.2) is 35.9 Å². The summed E-state index contributed by atoms with van der Waals surface area (Å²) in [6.07, 6.45) is 1.45. The molecule has 0 spiro atoms. The Hall–Kier alpha value is -2.34. The largest absolute Gasteiger partial charge is 0.483 e. The number of amides is 2. The van der Waals surface area contributed by atoms with Crippen molar-refractivity contribution in [1.29, 1.82) is 0 Å². The van der Waals surface area contributed by atoms with E-state index in [9.17, 15) is 9.59 Å². The van der Waals surface area contributed by atoms with Gasteiger partial charge in [0.2, 0.25) is 5.91 Å². The zero-order valence-electron chi connectivity index (χ0n) is 18.2. The summed E-state index contributed by atoms with van der Waals surface area (Å²) in [4.78, 5) is 27.4. The summed E-state index contributed by atoms with van der Waals surface area (Å²) >= 11 is 3.51. The molecule has 0 saturated carbocycles. The van der Waals surface area contributed by atoms with Crippen LogP contribution in [0.3, 0.4) is 0 Å². The van der Waals surface area contributed by atoms with E-state index in [0.717, 1.165) is 22.0 Å². The molecular weight excluding hydrogens is 444 g/mol. The highest BCUT2D eigenvalue weighted by Crippen LogP contribution is 2.26. The van der Waals surface area contributed by atoms with E-state index in [4.69, 9.17) is 4.74 Å². The Balaban J connectivity index is 2.21. The molecule has 0 aromatic heterocycles. The molecule has 2 aromatic carbocycles. The lowest BCUT2D eigenvalue weighted by Crippen LogP contribution is -2.50. The van der Waals surface area contributed by atoms with Crippen molar-refractivity contribution >= 4 is 27.7 Å². The minimum Gasteiger partial charge on any atom is -0.483 e. The second kappa shape index (κ2) is 11.7. The van der Waals surface area contributed by atoms with Gasteiger partial charge in [0.05, 0.1) is 4.47 Å². The molecule has 0 fully saturated rings. The average molecular weight is 475 g/mol. The molecule has 1 atom stereocenters. The lowest BCUT2D eigenvalue weighted by Gasteiger charge is -2.30. The minimum absolute atomic E-state index is 0.133. The Kier molecular flexibility index (Phi) is 9.37. The van der Waals surface area contributed by atoms with Crippen LogP contribution in [-0.2, 0) is 22.6 Å². The minimum atomic E-state index is -0.549. The number of nitrogens with zero attached hydrogens (tertiary/aromatic N) is 1. The first-order valence-corrected chi connectivity index (χ1v) is 11.2. The van der Waals surface area contributed by atoms with Gasteiger partial charge >= 0.3 is 0 Å². The molecule has 0 unspecified atom stereocenters. The number of rotatable bonds is 10. The molecular formula is C24H31BrN2O3. The topological polar surface area (TPSA) is 58.6 Å². The number of hydrogen-bond acceptors (Lipinski definition) is 3. The van der Waals surface area contributed by atoms with Crippen molar-refractivity contribution < 1.29 is 14.3 Å². The van der Waals surface area contributed by atoms with E-state index in [1.54, 1.807) is 4.90 Å². The summed E-state index contributed by atoms with van der Waals surface area (Å²) in [5.74, 6) is 0.248. The first kappa shape index (κ1) is 23.9. The third kappa shape index (κ3) is 6.59. The van der Waals surface area contributed by atoms with Gasteiger partial charge < -0.3 is 15.0 Å². The average Bonchev–Trinajstić information content (AvgIpc) is 2.72. The van der Waals surface area contributed by atoms with E-state index in [1.165, 1.54) is 5.56 Å². The van der Waals surface area contributed by atoms with Crippen LogP contribution in [0.2, 0.25) is 0 Å². The molecule has 6 heteroatoms. The number of benzene rings is 2. The van der Waals surface area contributed by atoms with Crippen LogP contribution in [0, 0.1) is 6.92 Å². The summed E-state index contributed by atoms with van der Waals surface area (Å²) in [5, 5.41) is 2.84. The van der Waals surface area contributed by atoms with Gasteiger partial charge in [0.25, 0.3) is 5.91 Å². The van der Waals surface area contributed by atoms with Gasteiger partial charge in [-0.05, 0) is 65.9 Å². The highest BCUT2D eigenvalue weighted by Gasteiger charge is 2.28. The summed E-state index contributed by atoms with van der Waals surface area (Å²) in [5.41, 5.74) is 3.28. The maximum Gasteiger partial charge on any atom is 0.261 e. The number of hydrogen-bond donors (Lipinski definition) is 1. The molecule has 162 valence electrons. The molecule has 2 amide bonds. The van der Waals surface area contributed by atoms with E-state index >= 15 is 0 Å². The zero-order valence-corrected chi connectivity index (χ0v) is 19.8. The maximum absolute atomic E-state index is 13.2. The maximum atomic E-state index is 13.2. The Morgan fingerprint density at radius 2 is 1.87 bits per heavy atom. The van der Waals surface area contributed by atoms with Gasteiger partial charge in [-0.25, -0.2) is 0 Å². The summed E-state index contributed by atoms with van der Waals surface area (Å²) in [7, 11) is 0. The molecule has 0 radical (unpaired) electrons. The Morgan fingerprint density at radius 3 is 2.47 bits per heavy atom. The standard InChI is InChI=1S/C24H31BrN2O3/c1-5-18-11-12-22(20(25)14-18)30-16-23(28)27(21(6-2)24(29)26-7-3)15-19-10-8-9-17(4)13-19/h8-14,21H,5-7,15-16H2,1-4H3,(H,26,29)/t21-/m0/s1. The van der Waals surface area contributed by atoms with Crippen LogP contribution < -0.4 is 10.1 Å². The molecule has 30 heavy (non-hydrogen) atoms. The molecule has 0 aliphatic heterocycles. The number of likely N-dealkylation sites (N-methyl/N-ethyl adjacent to an activating group) is 1. The quantitative estimate of drug-likeness (QED) is 0.545. The second-order valence-corrected chi connectivity index (χ2v) is 8.09. The summed E-state index contributed by atoms with van der Waals surface area (Å²) < 4.78 is 6.62. The smallest absolute Gasteiger partial charge is 0.261 e. The number of nitrogens with one attached hydrogen (secondary N) is 1. The van der Waals surface area contributed by atoms with Crippen molar-refractivity contribution in [3.8, 4) is 5.75 Å². The van der Waals surface area contributed by atoms with Gasteiger partial charge in [0.15, 0.2) is 6.61 Å². The fourth-order valence-electron chi connectivity index (χ4n) is 3.32. The van der Waals surface area contributed by atoms with E-state index in [1.807, 2.05) is 63.2 Å². The van der Waals surface area contributed by atoms with Crippen LogP contribution in [0.5, 0.6) is 5.75 Å². The Morgan fingerprint density at radius 1 is 1.10 bits per heavy atom. The Labute approximate surface area is 187 Å². The number of aryl methyl sites for hydroxylation is 2. The lowest BCUT2D eigenvalue weighted by molar-refractivity contribution is -0.142. The molecule has 0 heterocycles. The first-order chi connectivity index (χ1) is 14.4. The van der Waals surface area contributed by atoms with Gasteiger partial charge in [-0.1, -0.05) is 49.7 Å². The lowest BCUT2D eigenvalue weighted by atomic mass is 10.1. The third-order valence-corrected chi connectivity index (χ3v) is 5.55. The predicted molar refractivity (Wildman–Crippen MR) is 124 cm³/mol. The molecule has 5 nitrogen and oxygen atoms in total. The first-order valence-electron chi connectivity index (χ1n) is 10.4. The Bertz CT molecular complexity index is 869. The molecule has 0 aliphatic carbocycles. The van der Waals surface area contributed by atoms with E-state index < -0.39 is 6.04 Å². The number of halogens is 1. The summed E-state index contributed by atoms with van der Waals surface area (Å²) in [6.45, 7) is 8.63. The van der Waals surface area contributed by atoms with E-state index in [2.05, 4.69) is 28.2 Å². The monoisotopic (exact) mass is 474 g/mol. The summed E-state index contributed by atoms with van der Waals surface area (Å²) in [6, 6.07) is 13.3. The number of carbonyl (C=O) groups is 2. The predicted octanol–water partition coefficient (Wildman–Crippen LogP) is 4.64. The van der Waals surface area contributed by atoms with Crippen LogP contribution in [0.1, 0.15) is 43.9 Å².